The highest BCUT2D eigenvalue weighted by Crippen LogP contribution is 2.17. The number of fused-ring (bicyclic) bond motifs is 1. The first-order valence-electron chi connectivity index (χ1n) is 9.84. The average molecular weight is 391 g/mol. The van der Waals surface area contributed by atoms with Crippen LogP contribution in [0.5, 0.6) is 0 Å². The molecule has 150 valence electrons. The Morgan fingerprint density at radius 1 is 1.41 bits per heavy atom. The molecule has 3 aromatic heterocycles. The van der Waals surface area contributed by atoms with Gasteiger partial charge < -0.3 is 15.2 Å². The van der Waals surface area contributed by atoms with Gasteiger partial charge in [0.25, 0.3) is 5.56 Å². The molecule has 3 N–H and O–H groups in total. The molecule has 0 radical (unpaired) electrons. The van der Waals surface area contributed by atoms with Crippen LogP contribution in [0.3, 0.4) is 0 Å². The molecular weight excluding hydrogens is 366 g/mol. The van der Waals surface area contributed by atoms with E-state index < -0.39 is 0 Å². The van der Waals surface area contributed by atoms with Crippen LogP contribution in [0, 0.1) is 12.3 Å². The van der Waals surface area contributed by atoms with Crippen molar-refractivity contribution in [3.8, 4) is 0 Å². The van der Waals surface area contributed by atoms with Crippen LogP contribution >= 0.6 is 0 Å². The number of anilines is 1. The number of aryl methyl sites for hydroxylation is 1. The lowest BCUT2D eigenvalue weighted by Gasteiger charge is -2.34. The molecular formula is C21H25N7O. The summed E-state index contributed by atoms with van der Waals surface area (Å²) in [6, 6.07) is 5.70. The zero-order chi connectivity index (χ0) is 20.4. The number of nitrogens with one attached hydrogen (secondary N) is 3. The van der Waals surface area contributed by atoms with Crippen molar-refractivity contribution in [1.82, 2.24) is 24.7 Å². The van der Waals surface area contributed by atoms with Crippen LogP contribution in [-0.4, -0.2) is 50.7 Å². The van der Waals surface area contributed by atoms with Crippen LogP contribution in [-0.2, 0) is 0 Å². The molecule has 1 saturated heterocycles. The van der Waals surface area contributed by atoms with Crippen LogP contribution < -0.4 is 15.8 Å². The molecule has 4 heterocycles. The van der Waals surface area contributed by atoms with E-state index in [0.717, 1.165) is 37.4 Å². The maximum absolute atomic E-state index is 12.7. The van der Waals surface area contributed by atoms with E-state index in [1.807, 2.05) is 25.3 Å². The highest BCUT2D eigenvalue weighted by molar-refractivity contribution is 6.07. The third-order valence-corrected chi connectivity index (χ3v) is 5.16. The number of piperazine rings is 1. The summed E-state index contributed by atoms with van der Waals surface area (Å²) >= 11 is 0. The molecule has 1 aliphatic rings. The molecule has 0 aliphatic carbocycles. The highest BCUT2D eigenvalue weighted by Gasteiger charge is 2.18. The molecule has 0 aromatic carbocycles. The first-order valence-corrected chi connectivity index (χ1v) is 9.84. The van der Waals surface area contributed by atoms with Crippen LogP contribution in [0.1, 0.15) is 30.6 Å². The lowest BCUT2D eigenvalue weighted by Crippen LogP contribution is -2.50. The second-order valence-corrected chi connectivity index (χ2v) is 7.30. The molecule has 8 nitrogen and oxygen atoms in total. The van der Waals surface area contributed by atoms with Gasteiger partial charge in [0.1, 0.15) is 11.5 Å². The first kappa shape index (κ1) is 19.1. The smallest absolute Gasteiger partial charge is 0.258 e. The number of hydrogen-bond acceptors (Lipinski definition) is 6. The normalized spacial score (nSPS) is 17.3. The quantitative estimate of drug-likeness (QED) is 0.578. The number of aromatic amines is 1. The molecule has 0 spiro atoms. The van der Waals surface area contributed by atoms with Crippen molar-refractivity contribution in [2.24, 2.45) is 0 Å². The Bertz CT molecular complexity index is 1130. The van der Waals surface area contributed by atoms with Crippen molar-refractivity contribution in [3.63, 3.8) is 0 Å². The van der Waals surface area contributed by atoms with Crippen LogP contribution in [0.15, 0.2) is 41.5 Å². The Labute approximate surface area is 168 Å². The Kier molecular flexibility index (Phi) is 5.26. The van der Waals surface area contributed by atoms with Gasteiger partial charge in [-0.25, -0.2) is 9.97 Å². The van der Waals surface area contributed by atoms with Gasteiger partial charge in [0.15, 0.2) is 0 Å². The van der Waals surface area contributed by atoms with E-state index in [1.165, 1.54) is 6.07 Å². The van der Waals surface area contributed by atoms with E-state index in [-0.39, 0.29) is 11.3 Å². The van der Waals surface area contributed by atoms with Gasteiger partial charge in [-0.1, -0.05) is 6.92 Å². The zero-order valence-corrected chi connectivity index (χ0v) is 16.6. The molecule has 3 aromatic rings. The van der Waals surface area contributed by atoms with E-state index in [1.54, 1.807) is 22.7 Å². The molecule has 1 fully saturated rings. The molecule has 4 rings (SSSR count). The largest absolute Gasteiger partial charge is 0.368 e. The van der Waals surface area contributed by atoms with Gasteiger partial charge in [-0.05, 0) is 37.6 Å². The Hall–Kier alpha value is -3.26. The number of H-pyrrole nitrogens is 1. The second-order valence-electron chi connectivity index (χ2n) is 7.30. The number of hydrogen-bond donors (Lipinski definition) is 3. The van der Waals surface area contributed by atoms with Gasteiger partial charge in [0, 0.05) is 49.8 Å². The van der Waals surface area contributed by atoms with Gasteiger partial charge in [0.2, 0.25) is 0 Å². The number of aromatic nitrogens is 4. The molecule has 1 aliphatic heterocycles. The van der Waals surface area contributed by atoms with Gasteiger partial charge in [-0.3, -0.25) is 14.6 Å². The van der Waals surface area contributed by atoms with E-state index in [9.17, 15) is 4.79 Å². The lowest BCUT2D eigenvalue weighted by atomic mass is 10.1. The molecule has 0 amide bonds. The fourth-order valence-corrected chi connectivity index (χ4v) is 3.52. The minimum atomic E-state index is -0.194. The lowest BCUT2D eigenvalue weighted by molar-refractivity contribution is 0.446. The second kappa shape index (κ2) is 8.00. The summed E-state index contributed by atoms with van der Waals surface area (Å²) in [5, 5.41) is 11.8. The Morgan fingerprint density at radius 2 is 2.28 bits per heavy atom. The summed E-state index contributed by atoms with van der Waals surface area (Å²) in [5.74, 6) is 0.663. The van der Waals surface area contributed by atoms with Crippen LogP contribution in [0.4, 0.5) is 5.69 Å². The maximum atomic E-state index is 12.7. The van der Waals surface area contributed by atoms with Crippen molar-refractivity contribution >= 4 is 23.1 Å². The minimum Gasteiger partial charge on any atom is -0.368 e. The number of imidazole rings is 1. The van der Waals surface area contributed by atoms with Gasteiger partial charge >= 0.3 is 0 Å². The number of rotatable bonds is 5. The van der Waals surface area contributed by atoms with Crippen molar-refractivity contribution in [1.29, 1.82) is 5.41 Å². The van der Waals surface area contributed by atoms with Crippen molar-refractivity contribution in [2.45, 2.75) is 26.3 Å². The molecule has 1 atom stereocenters. The van der Waals surface area contributed by atoms with Crippen LogP contribution in [0.25, 0.3) is 11.7 Å². The predicted octanol–water partition coefficient (Wildman–Crippen LogP) is 2.00. The fraction of sp³-hybridized carbons (Fsp3) is 0.333. The van der Waals surface area contributed by atoms with Gasteiger partial charge in [0.05, 0.1) is 17.1 Å². The number of nitrogens with zero attached hydrogens (tertiary/aromatic N) is 4. The molecule has 0 bridgehead atoms. The third-order valence-electron chi connectivity index (χ3n) is 5.16. The Balaban J connectivity index is 1.60. The van der Waals surface area contributed by atoms with E-state index in [4.69, 9.17) is 5.41 Å². The number of pyridine rings is 1. The van der Waals surface area contributed by atoms with Crippen LogP contribution in [0.2, 0.25) is 0 Å². The molecule has 0 saturated carbocycles. The SMILES string of the molecule is CC[C@@H]1CN(c2ccc3nc(C(=N)/C=C\c4ncc(C)[nH]4)cc(=O)n3c2)CCN1. The van der Waals surface area contributed by atoms with E-state index >= 15 is 0 Å². The Morgan fingerprint density at radius 3 is 3.03 bits per heavy atom. The van der Waals surface area contributed by atoms with E-state index in [0.29, 0.717) is 23.2 Å². The fourth-order valence-electron chi connectivity index (χ4n) is 3.52. The van der Waals surface area contributed by atoms with Crippen molar-refractivity contribution < 1.29 is 0 Å². The molecule has 8 heteroatoms. The standard InChI is InChI=1S/C21H25N7O/c1-3-15-12-27(9-8-23-15)16-4-7-20-26-18(10-21(29)28(20)13-16)17(22)5-6-19-24-11-14(2)25-19/h4-7,10-11,13,15,22-23H,3,8-9,12H2,1-2H3,(H,24,25)/b6-5-,22-17?/t15-/m1/s1. The third kappa shape index (κ3) is 4.12. The summed E-state index contributed by atoms with van der Waals surface area (Å²) in [7, 11) is 0. The summed E-state index contributed by atoms with van der Waals surface area (Å²) in [6.45, 7) is 6.85. The van der Waals surface area contributed by atoms with E-state index in [2.05, 4.69) is 32.1 Å². The van der Waals surface area contributed by atoms with Crippen molar-refractivity contribution in [3.05, 3.63) is 64.2 Å². The summed E-state index contributed by atoms with van der Waals surface area (Å²) < 4.78 is 1.55. The van der Waals surface area contributed by atoms with Crippen molar-refractivity contribution in [2.75, 3.05) is 24.5 Å². The monoisotopic (exact) mass is 391 g/mol. The zero-order valence-electron chi connectivity index (χ0n) is 16.6. The topological polar surface area (TPSA) is 102 Å². The van der Waals surface area contributed by atoms with Gasteiger partial charge in [-0.2, -0.15) is 0 Å². The minimum absolute atomic E-state index is 0.163. The maximum Gasteiger partial charge on any atom is 0.258 e. The summed E-state index contributed by atoms with van der Waals surface area (Å²) in [6.07, 6.45) is 7.94. The van der Waals surface area contributed by atoms with Gasteiger partial charge in [-0.15, -0.1) is 0 Å². The summed E-state index contributed by atoms with van der Waals surface area (Å²) in [4.78, 5) is 26.7. The molecule has 29 heavy (non-hydrogen) atoms. The molecule has 0 unspecified atom stereocenters. The average Bonchev–Trinajstić information content (AvgIpc) is 3.17. The first-order chi connectivity index (χ1) is 14.0. The number of allylic oxidation sites excluding steroid dienone is 1. The summed E-state index contributed by atoms with van der Waals surface area (Å²) in [5.41, 5.74) is 2.80. The predicted molar refractivity (Wildman–Crippen MR) is 115 cm³/mol. The highest BCUT2D eigenvalue weighted by atomic mass is 16.1.